The number of nitrogens with zero attached hydrogens (tertiary/aromatic N) is 1. The molecule has 0 aliphatic carbocycles. The van der Waals surface area contributed by atoms with Crippen molar-refractivity contribution in [2.24, 2.45) is 5.73 Å². The first kappa shape index (κ1) is 12.4. The number of nitro groups is 1. The molecule has 0 aliphatic rings. The lowest BCUT2D eigenvalue weighted by Crippen LogP contribution is -2.21. The van der Waals surface area contributed by atoms with Gasteiger partial charge in [-0.2, -0.15) is 0 Å². The first-order valence-corrected chi connectivity index (χ1v) is 4.91. The fourth-order valence-corrected chi connectivity index (χ4v) is 1.32. The normalized spacial score (nSPS) is 10.1. The fraction of sp³-hybridized carbons (Fsp3) is 0.400. The summed E-state index contributed by atoms with van der Waals surface area (Å²) in [5.74, 6) is 0.271. The van der Waals surface area contributed by atoms with E-state index in [0.29, 0.717) is 19.6 Å². The van der Waals surface area contributed by atoms with E-state index >= 15 is 0 Å². The third kappa shape index (κ3) is 3.18. The van der Waals surface area contributed by atoms with Crippen molar-refractivity contribution in [1.29, 1.82) is 0 Å². The molecule has 1 aromatic rings. The molecule has 6 nitrogen and oxygen atoms in total. The minimum Gasteiger partial charge on any atom is -0.490 e. The molecule has 0 fully saturated rings. The smallest absolute Gasteiger partial charge is 0.311 e. The highest BCUT2D eigenvalue weighted by Crippen LogP contribution is 2.27. The van der Waals surface area contributed by atoms with E-state index in [1.807, 2.05) is 0 Å². The Bertz CT molecular complexity index is 368. The van der Waals surface area contributed by atoms with Gasteiger partial charge < -0.3 is 15.8 Å². The summed E-state index contributed by atoms with van der Waals surface area (Å²) in [7, 11) is 1.41. The molecule has 6 heteroatoms. The van der Waals surface area contributed by atoms with E-state index in [-0.39, 0.29) is 11.4 Å². The predicted octanol–water partition coefficient (Wildman–Crippen LogP) is 0.652. The van der Waals surface area contributed by atoms with E-state index in [1.165, 1.54) is 13.2 Å². The van der Waals surface area contributed by atoms with Crippen LogP contribution in [-0.2, 0) is 6.54 Å². The second-order valence-electron chi connectivity index (χ2n) is 3.23. The molecule has 0 atom stereocenters. The zero-order chi connectivity index (χ0) is 12.0. The average molecular weight is 225 g/mol. The van der Waals surface area contributed by atoms with Gasteiger partial charge in [0.15, 0.2) is 5.75 Å². The fourth-order valence-electron chi connectivity index (χ4n) is 1.32. The van der Waals surface area contributed by atoms with Gasteiger partial charge in [0, 0.05) is 25.7 Å². The molecule has 16 heavy (non-hydrogen) atoms. The average Bonchev–Trinajstić information content (AvgIpc) is 2.29. The maximum absolute atomic E-state index is 10.7. The van der Waals surface area contributed by atoms with Gasteiger partial charge in [-0.1, -0.05) is 6.07 Å². The second-order valence-corrected chi connectivity index (χ2v) is 3.23. The largest absolute Gasteiger partial charge is 0.490 e. The van der Waals surface area contributed by atoms with Crippen LogP contribution in [0.4, 0.5) is 5.69 Å². The first-order valence-electron chi connectivity index (χ1n) is 4.91. The Labute approximate surface area is 93.5 Å². The molecule has 1 rings (SSSR count). The van der Waals surface area contributed by atoms with Crippen LogP contribution in [0.5, 0.6) is 5.75 Å². The molecule has 0 saturated carbocycles. The monoisotopic (exact) mass is 225 g/mol. The lowest BCUT2D eigenvalue weighted by molar-refractivity contribution is -0.385. The molecule has 0 bridgehead atoms. The summed E-state index contributed by atoms with van der Waals surface area (Å²) in [5.41, 5.74) is 6.14. The molecule has 0 saturated heterocycles. The number of ether oxygens (including phenoxy) is 1. The van der Waals surface area contributed by atoms with Gasteiger partial charge in [-0.3, -0.25) is 10.1 Å². The Kier molecular flexibility index (Phi) is 4.68. The van der Waals surface area contributed by atoms with Crippen molar-refractivity contribution >= 4 is 5.69 Å². The molecular formula is C10H15N3O3. The highest BCUT2D eigenvalue weighted by atomic mass is 16.6. The van der Waals surface area contributed by atoms with Crippen LogP contribution in [-0.4, -0.2) is 25.1 Å². The number of methoxy groups -OCH3 is 1. The van der Waals surface area contributed by atoms with Gasteiger partial charge in [0.2, 0.25) is 0 Å². The van der Waals surface area contributed by atoms with E-state index in [0.717, 1.165) is 5.56 Å². The maximum Gasteiger partial charge on any atom is 0.311 e. The minimum absolute atomic E-state index is 0.0189. The molecule has 1 aromatic carbocycles. The minimum atomic E-state index is -0.453. The summed E-state index contributed by atoms with van der Waals surface area (Å²) in [6.07, 6.45) is 0. The Morgan fingerprint density at radius 3 is 2.88 bits per heavy atom. The third-order valence-corrected chi connectivity index (χ3v) is 2.09. The quantitative estimate of drug-likeness (QED) is 0.421. The highest BCUT2D eigenvalue weighted by Gasteiger charge is 2.14. The number of rotatable bonds is 6. The number of hydrogen-bond donors (Lipinski definition) is 2. The van der Waals surface area contributed by atoms with Crippen molar-refractivity contribution in [2.75, 3.05) is 20.2 Å². The number of nitrogens with two attached hydrogens (primary N) is 1. The van der Waals surface area contributed by atoms with Crippen molar-refractivity contribution in [3.8, 4) is 5.75 Å². The highest BCUT2D eigenvalue weighted by molar-refractivity contribution is 5.48. The van der Waals surface area contributed by atoms with Crippen LogP contribution >= 0.6 is 0 Å². The van der Waals surface area contributed by atoms with Gasteiger partial charge in [0.1, 0.15) is 0 Å². The molecule has 0 amide bonds. The van der Waals surface area contributed by atoms with Crippen molar-refractivity contribution in [1.82, 2.24) is 5.32 Å². The number of benzene rings is 1. The summed E-state index contributed by atoms with van der Waals surface area (Å²) in [5, 5.41) is 13.8. The van der Waals surface area contributed by atoms with Gasteiger partial charge in [0.05, 0.1) is 12.0 Å². The second kappa shape index (κ2) is 6.04. The van der Waals surface area contributed by atoms with E-state index < -0.39 is 4.92 Å². The molecular weight excluding hydrogens is 210 g/mol. The molecule has 0 unspecified atom stereocenters. The summed E-state index contributed by atoms with van der Waals surface area (Å²) in [6.45, 7) is 1.78. The summed E-state index contributed by atoms with van der Waals surface area (Å²) in [4.78, 5) is 10.3. The van der Waals surface area contributed by atoms with E-state index in [4.69, 9.17) is 10.5 Å². The number of hydrogen-bond acceptors (Lipinski definition) is 5. The van der Waals surface area contributed by atoms with Crippen molar-refractivity contribution in [3.05, 3.63) is 33.9 Å². The lowest BCUT2D eigenvalue weighted by atomic mass is 10.2. The third-order valence-electron chi connectivity index (χ3n) is 2.09. The SMILES string of the molecule is COc1ccc(CNCCN)cc1[N+](=O)[O-]. The van der Waals surface area contributed by atoms with Crippen LogP contribution < -0.4 is 15.8 Å². The number of nitrogens with one attached hydrogen (secondary N) is 1. The molecule has 88 valence electrons. The molecule has 0 aliphatic heterocycles. The van der Waals surface area contributed by atoms with Crippen LogP contribution in [0.1, 0.15) is 5.56 Å². The zero-order valence-electron chi connectivity index (χ0n) is 9.10. The number of nitro benzene ring substituents is 1. The lowest BCUT2D eigenvalue weighted by Gasteiger charge is -2.05. The van der Waals surface area contributed by atoms with Crippen molar-refractivity contribution in [3.63, 3.8) is 0 Å². The topological polar surface area (TPSA) is 90.4 Å². The Hall–Kier alpha value is -1.66. The van der Waals surface area contributed by atoms with Gasteiger partial charge in [-0.25, -0.2) is 0 Å². The molecule has 0 heterocycles. The van der Waals surface area contributed by atoms with Crippen LogP contribution in [0.3, 0.4) is 0 Å². The summed E-state index contributed by atoms with van der Waals surface area (Å²) >= 11 is 0. The first-order chi connectivity index (χ1) is 7.69. The van der Waals surface area contributed by atoms with Crippen LogP contribution in [0.2, 0.25) is 0 Å². The van der Waals surface area contributed by atoms with Gasteiger partial charge in [-0.15, -0.1) is 0 Å². The standard InChI is InChI=1S/C10H15N3O3/c1-16-10-3-2-8(7-12-5-4-11)6-9(10)13(14)15/h2-3,6,12H,4-5,7,11H2,1H3. The van der Waals surface area contributed by atoms with E-state index in [9.17, 15) is 10.1 Å². The Morgan fingerprint density at radius 2 is 2.31 bits per heavy atom. The predicted molar refractivity (Wildman–Crippen MR) is 60.4 cm³/mol. The Morgan fingerprint density at radius 1 is 1.56 bits per heavy atom. The van der Waals surface area contributed by atoms with E-state index in [2.05, 4.69) is 5.32 Å². The van der Waals surface area contributed by atoms with Crippen molar-refractivity contribution in [2.45, 2.75) is 6.54 Å². The molecule has 0 radical (unpaired) electrons. The molecule has 0 aromatic heterocycles. The van der Waals surface area contributed by atoms with E-state index in [1.54, 1.807) is 12.1 Å². The van der Waals surface area contributed by atoms with Crippen LogP contribution in [0.25, 0.3) is 0 Å². The zero-order valence-corrected chi connectivity index (χ0v) is 9.10. The van der Waals surface area contributed by atoms with Crippen molar-refractivity contribution < 1.29 is 9.66 Å². The van der Waals surface area contributed by atoms with Gasteiger partial charge in [-0.05, 0) is 11.6 Å². The van der Waals surface area contributed by atoms with Crippen LogP contribution in [0.15, 0.2) is 18.2 Å². The maximum atomic E-state index is 10.7. The summed E-state index contributed by atoms with van der Waals surface area (Å²) < 4.78 is 4.91. The summed E-state index contributed by atoms with van der Waals surface area (Å²) in [6, 6.07) is 4.88. The molecule has 3 N–H and O–H groups in total. The van der Waals surface area contributed by atoms with Gasteiger partial charge >= 0.3 is 5.69 Å². The Balaban J connectivity index is 2.81. The van der Waals surface area contributed by atoms with Crippen LogP contribution in [0, 0.1) is 10.1 Å². The van der Waals surface area contributed by atoms with Gasteiger partial charge in [0.25, 0.3) is 0 Å². The molecule has 0 spiro atoms.